The molecule has 1 amide bonds. The maximum absolute atomic E-state index is 13.0. The first-order chi connectivity index (χ1) is 11.6. The van der Waals surface area contributed by atoms with Crippen LogP contribution in [0.3, 0.4) is 0 Å². The summed E-state index contributed by atoms with van der Waals surface area (Å²) in [6.45, 7) is 6.74. The van der Waals surface area contributed by atoms with Gasteiger partial charge in [-0.2, -0.15) is 5.26 Å². The molecule has 2 rings (SSSR count). The molecule has 6 heteroatoms. The second-order valence-electron chi connectivity index (χ2n) is 5.17. The maximum Gasteiger partial charge on any atom is 0.270 e. The number of amides is 1. The molecule has 1 aromatic heterocycles. The number of nitriles is 1. The molecule has 0 atom stereocenters. The van der Waals surface area contributed by atoms with Crippen LogP contribution in [0, 0.1) is 18.3 Å². The van der Waals surface area contributed by atoms with Gasteiger partial charge in [-0.3, -0.25) is 4.79 Å². The van der Waals surface area contributed by atoms with Crippen molar-refractivity contribution in [2.75, 3.05) is 18.1 Å². The molecule has 0 N–H and O–H groups in total. The Morgan fingerprint density at radius 3 is 2.58 bits per heavy atom. The van der Waals surface area contributed by atoms with Crippen LogP contribution in [0.2, 0.25) is 0 Å². The van der Waals surface area contributed by atoms with Crippen LogP contribution in [0.25, 0.3) is 0 Å². The fraction of sp³-hybridized carbons (Fsp3) is 0.389. The summed E-state index contributed by atoms with van der Waals surface area (Å²) < 4.78 is 5.44. The Hall–Kier alpha value is -2.39. The predicted molar refractivity (Wildman–Crippen MR) is 95.7 cm³/mol. The third-order valence-corrected chi connectivity index (χ3v) is 4.78. The van der Waals surface area contributed by atoms with Gasteiger partial charge in [-0.1, -0.05) is 6.92 Å². The molecule has 1 heterocycles. The average Bonchev–Trinajstić information content (AvgIpc) is 2.97. The number of rotatable bonds is 7. The summed E-state index contributed by atoms with van der Waals surface area (Å²) in [5, 5.41) is 9.85. The van der Waals surface area contributed by atoms with Crippen LogP contribution < -0.4 is 9.64 Å². The van der Waals surface area contributed by atoms with E-state index in [1.807, 2.05) is 45.0 Å². The minimum atomic E-state index is -0.107. The van der Waals surface area contributed by atoms with Crippen LogP contribution in [-0.4, -0.2) is 24.0 Å². The summed E-state index contributed by atoms with van der Waals surface area (Å²) in [5.74, 6) is 0.653. The van der Waals surface area contributed by atoms with Crippen molar-refractivity contribution in [1.29, 1.82) is 5.26 Å². The first-order valence-corrected chi connectivity index (χ1v) is 8.80. The number of anilines is 1. The van der Waals surface area contributed by atoms with Crippen LogP contribution in [0.5, 0.6) is 5.75 Å². The van der Waals surface area contributed by atoms with Crippen molar-refractivity contribution >= 4 is 22.9 Å². The molecule has 24 heavy (non-hydrogen) atoms. The Bertz CT molecular complexity index is 732. The maximum atomic E-state index is 13.0. The second-order valence-corrected chi connectivity index (χ2v) is 6.25. The SMILES string of the molecule is CCOc1ccc(N(CCC#N)C(=O)c2sc(CC)nc2C)cc1. The lowest BCUT2D eigenvalue weighted by Crippen LogP contribution is -2.31. The lowest BCUT2D eigenvalue weighted by Gasteiger charge is -2.21. The second kappa shape index (κ2) is 8.46. The van der Waals surface area contributed by atoms with Gasteiger partial charge in [-0.25, -0.2) is 4.98 Å². The zero-order valence-electron chi connectivity index (χ0n) is 14.2. The zero-order valence-corrected chi connectivity index (χ0v) is 15.0. The number of nitrogens with zero attached hydrogens (tertiary/aromatic N) is 3. The quantitative estimate of drug-likeness (QED) is 0.763. The minimum Gasteiger partial charge on any atom is -0.494 e. The zero-order chi connectivity index (χ0) is 17.5. The highest BCUT2D eigenvalue weighted by atomic mass is 32.1. The monoisotopic (exact) mass is 343 g/mol. The number of hydrogen-bond donors (Lipinski definition) is 0. The van der Waals surface area contributed by atoms with E-state index in [1.165, 1.54) is 11.3 Å². The molecular formula is C18H21N3O2S. The molecule has 0 unspecified atom stereocenters. The van der Waals surface area contributed by atoms with E-state index in [0.717, 1.165) is 28.6 Å². The van der Waals surface area contributed by atoms with E-state index in [-0.39, 0.29) is 12.3 Å². The largest absolute Gasteiger partial charge is 0.494 e. The molecule has 0 radical (unpaired) electrons. The number of carbonyl (C=O) groups excluding carboxylic acids is 1. The van der Waals surface area contributed by atoms with Crippen LogP contribution in [0.4, 0.5) is 5.69 Å². The van der Waals surface area contributed by atoms with Gasteiger partial charge in [0.2, 0.25) is 0 Å². The van der Waals surface area contributed by atoms with E-state index in [1.54, 1.807) is 4.90 Å². The summed E-state index contributed by atoms with van der Waals surface area (Å²) in [7, 11) is 0. The molecule has 0 bridgehead atoms. The van der Waals surface area contributed by atoms with Crippen LogP contribution >= 0.6 is 11.3 Å². The lowest BCUT2D eigenvalue weighted by atomic mass is 10.2. The van der Waals surface area contributed by atoms with E-state index in [9.17, 15) is 4.79 Å². The molecule has 0 saturated heterocycles. The molecule has 0 saturated carbocycles. The normalized spacial score (nSPS) is 10.2. The van der Waals surface area contributed by atoms with Crippen molar-refractivity contribution in [1.82, 2.24) is 4.98 Å². The number of thiazole rings is 1. The summed E-state index contributed by atoms with van der Waals surface area (Å²) in [4.78, 5) is 19.7. The average molecular weight is 343 g/mol. The fourth-order valence-corrected chi connectivity index (χ4v) is 3.28. The Kier molecular flexibility index (Phi) is 6.33. The summed E-state index contributed by atoms with van der Waals surface area (Å²) in [6, 6.07) is 9.47. The van der Waals surface area contributed by atoms with Crippen LogP contribution in [0.15, 0.2) is 24.3 Å². The van der Waals surface area contributed by atoms with Gasteiger partial charge in [0.15, 0.2) is 0 Å². The van der Waals surface area contributed by atoms with Gasteiger partial charge in [-0.15, -0.1) is 11.3 Å². The van der Waals surface area contributed by atoms with Crippen LogP contribution in [0.1, 0.15) is 40.6 Å². The Morgan fingerprint density at radius 2 is 2.04 bits per heavy atom. The third kappa shape index (κ3) is 4.12. The van der Waals surface area contributed by atoms with E-state index in [4.69, 9.17) is 10.00 Å². The summed E-state index contributed by atoms with van der Waals surface area (Å²) in [6.07, 6.45) is 1.08. The first-order valence-electron chi connectivity index (χ1n) is 7.98. The van der Waals surface area contributed by atoms with E-state index >= 15 is 0 Å². The number of hydrogen-bond acceptors (Lipinski definition) is 5. The lowest BCUT2D eigenvalue weighted by molar-refractivity contribution is 0.0990. The molecule has 5 nitrogen and oxygen atoms in total. The molecular weight excluding hydrogens is 322 g/mol. The highest BCUT2D eigenvalue weighted by Crippen LogP contribution is 2.25. The Labute approximate surface area is 146 Å². The van der Waals surface area contributed by atoms with Gasteiger partial charge in [0.25, 0.3) is 5.91 Å². The number of aromatic nitrogens is 1. The van der Waals surface area contributed by atoms with Gasteiger partial charge in [0.1, 0.15) is 10.6 Å². The number of carbonyl (C=O) groups is 1. The molecule has 0 aliphatic carbocycles. The highest BCUT2D eigenvalue weighted by molar-refractivity contribution is 7.13. The smallest absolute Gasteiger partial charge is 0.270 e. The molecule has 0 fully saturated rings. The molecule has 0 aliphatic heterocycles. The van der Waals surface area contributed by atoms with Gasteiger partial charge >= 0.3 is 0 Å². The topological polar surface area (TPSA) is 66.2 Å². The van der Waals surface area contributed by atoms with Crippen molar-refractivity contribution < 1.29 is 9.53 Å². The van der Waals surface area contributed by atoms with Gasteiger partial charge in [0.05, 0.1) is 29.8 Å². The van der Waals surface area contributed by atoms with Crippen molar-refractivity contribution in [2.45, 2.75) is 33.6 Å². The standard InChI is InChI=1S/C18H21N3O2S/c1-4-16-20-13(3)17(24-16)18(22)21(12-6-11-19)14-7-9-15(10-8-14)23-5-2/h7-10H,4-6,12H2,1-3H3. The highest BCUT2D eigenvalue weighted by Gasteiger charge is 2.22. The molecule has 2 aromatic rings. The predicted octanol–water partition coefficient (Wildman–Crippen LogP) is 3.97. The summed E-state index contributed by atoms with van der Waals surface area (Å²) >= 11 is 1.43. The number of aryl methyl sites for hydroxylation is 2. The van der Waals surface area contributed by atoms with Crippen molar-refractivity contribution in [3.63, 3.8) is 0 Å². The summed E-state index contributed by atoms with van der Waals surface area (Å²) in [5.41, 5.74) is 1.50. The molecule has 0 aliphatic rings. The van der Waals surface area contributed by atoms with Crippen molar-refractivity contribution in [3.8, 4) is 11.8 Å². The molecule has 1 aromatic carbocycles. The minimum absolute atomic E-state index is 0.107. The Morgan fingerprint density at radius 1 is 1.33 bits per heavy atom. The number of benzene rings is 1. The van der Waals surface area contributed by atoms with E-state index in [2.05, 4.69) is 11.1 Å². The van der Waals surface area contributed by atoms with E-state index in [0.29, 0.717) is 18.0 Å². The fourth-order valence-electron chi connectivity index (χ4n) is 2.32. The molecule has 0 spiro atoms. The van der Waals surface area contributed by atoms with E-state index < -0.39 is 0 Å². The molecule has 126 valence electrons. The van der Waals surface area contributed by atoms with Crippen molar-refractivity contribution in [2.24, 2.45) is 0 Å². The third-order valence-electron chi connectivity index (χ3n) is 3.49. The van der Waals surface area contributed by atoms with Gasteiger partial charge in [0, 0.05) is 12.2 Å². The number of ether oxygens (including phenoxy) is 1. The first kappa shape index (κ1) is 18.0. The van der Waals surface area contributed by atoms with Gasteiger partial charge in [-0.05, 0) is 44.5 Å². The van der Waals surface area contributed by atoms with Crippen molar-refractivity contribution in [3.05, 3.63) is 39.8 Å². The Balaban J connectivity index is 2.31. The van der Waals surface area contributed by atoms with Crippen LogP contribution in [-0.2, 0) is 6.42 Å². The van der Waals surface area contributed by atoms with Gasteiger partial charge < -0.3 is 9.64 Å².